The van der Waals surface area contributed by atoms with E-state index < -0.39 is 0 Å². The maximum absolute atomic E-state index is 12.6. The van der Waals surface area contributed by atoms with E-state index >= 15 is 0 Å². The standard InChI is InChI=1S/C14H20N2OS.ClH/c1-2-12-11-5-8-18-13(11)4-7-16(12)14(17)10-3-6-15-9-10;/h5,8,10,12,15H,2-4,6-7,9H2,1H3;1H. The Balaban J connectivity index is 0.00000133. The molecule has 1 aromatic rings. The Bertz CT molecular complexity index is 442. The molecule has 3 nitrogen and oxygen atoms in total. The average molecular weight is 301 g/mol. The summed E-state index contributed by atoms with van der Waals surface area (Å²) in [5.41, 5.74) is 1.40. The molecule has 0 aromatic carbocycles. The van der Waals surface area contributed by atoms with Gasteiger partial charge in [-0.15, -0.1) is 23.7 Å². The predicted octanol–water partition coefficient (Wildman–Crippen LogP) is 2.62. The molecule has 2 aliphatic heterocycles. The first-order chi connectivity index (χ1) is 8.81. The molecule has 3 heterocycles. The Kier molecular flexibility index (Phi) is 4.87. The van der Waals surface area contributed by atoms with Crippen LogP contribution < -0.4 is 5.32 Å². The van der Waals surface area contributed by atoms with Crippen LogP contribution in [0.3, 0.4) is 0 Å². The van der Waals surface area contributed by atoms with Crippen LogP contribution in [-0.2, 0) is 11.2 Å². The number of hydrogen-bond donors (Lipinski definition) is 1. The van der Waals surface area contributed by atoms with Gasteiger partial charge in [0.05, 0.1) is 12.0 Å². The van der Waals surface area contributed by atoms with Crippen LogP contribution in [0.5, 0.6) is 0 Å². The van der Waals surface area contributed by atoms with E-state index in [0.717, 1.165) is 38.9 Å². The lowest BCUT2D eigenvalue weighted by Gasteiger charge is -2.37. The van der Waals surface area contributed by atoms with Crippen molar-refractivity contribution in [2.24, 2.45) is 5.92 Å². The molecular weight excluding hydrogens is 280 g/mol. The molecule has 0 radical (unpaired) electrons. The smallest absolute Gasteiger partial charge is 0.227 e. The van der Waals surface area contributed by atoms with E-state index in [1.807, 2.05) is 11.3 Å². The summed E-state index contributed by atoms with van der Waals surface area (Å²) in [5.74, 6) is 0.572. The molecule has 1 N–H and O–H groups in total. The van der Waals surface area contributed by atoms with Crippen LogP contribution in [0.4, 0.5) is 0 Å². The first-order valence-corrected chi connectivity index (χ1v) is 7.76. The lowest BCUT2D eigenvalue weighted by atomic mass is 9.95. The first-order valence-electron chi connectivity index (χ1n) is 6.88. The summed E-state index contributed by atoms with van der Waals surface area (Å²) in [6.07, 6.45) is 3.06. The Labute approximate surface area is 124 Å². The van der Waals surface area contributed by atoms with Crippen LogP contribution in [0, 0.1) is 5.92 Å². The van der Waals surface area contributed by atoms with Gasteiger partial charge in [-0.3, -0.25) is 4.79 Å². The van der Waals surface area contributed by atoms with Gasteiger partial charge >= 0.3 is 0 Å². The van der Waals surface area contributed by atoms with Crippen molar-refractivity contribution < 1.29 is 4.79 Å². The molecule has 1 aromatic heterocycles. The summed E-state index contributed by atoms with van der Waals surface area (Å²) in [7, 11) is 0. The number of halogens is 1. The number of thiophene rings is 1. The third kappa shape index (κ3) is 2.67. The number of hydrogen-bond acceptors (Lipinski definition) is 3. The molecule has 5 heteroatoms. The molecule has 0 aliphatic carbocycles. The van der Waals surface area contributed by atoms with Gasteiger partial charge in [0.25, 0.3) is 0 Å². The van der Waals surface area contributed by atoms with Crippen LogP contribution in [0.15, 0.2) is 11.4 Å². The van der Waals surface area contributed by atoms with E-state index in [2.05, 4.69) is 28.6 Å². The molecule has 1 amide bonds. The minimum absolute atomic E-state index is 0. The van der Waals surface area contributed by atoms with Gasteiger partial charge in [0.15, 0.2) is 0 Å². The van der Waals surface area contributed by atoms with Crippen molar-refractivity contribution in [3.05, 3.63) is 21.9 Å². The molecule has 19 heavy (non-hydrogen) atoms. The van der Waals surface area contributed by atoms with Gasteiger partial charge < -0.3 is 10.2 Å². The lowest BCUT2D eigenvalue weighted by molar-refractivity contribution is -0.138. The zero-order valence-corrected chi connectivity index (χ0v) is 12.9. The highest BCUT2D eigenvalue weighted by Crippen LogP contribution is 2.36. The molecule has 1 saturated heterocycles. The number of carbonyl (C=O) groups is 1. The number of fused-ring (bicyclic) bond motifs is 1. The number of nitrogens with one attached hydrogen (secondary N) is 1. The van der Waals surface area contributed by atoms with E-state index in [-0.39, 0.29) is 18.3 Å². The summed E-state index contributed by atoms with van der Waals surface area (Å²) in [6.45, 7) is 4.94. The van der Waals surface area contributed by atoms with E-state index in [0.29, 0.717) is 11.9 Å². The fraction of sp³-hybridized carbons (Fsp3) is 0.643. The Morgan fingerprint density at radius 3 is 3.11 bits per heavy atom. The summed E-state index contributed by atoms with van der Waals surface area (Å²) in [6, 6.07) is 2.52. The summed E-state index contributed by atoms with van der Waals surface area (Å²) >= 11 is 1.84. The highest BCUT2D eigenvalue weighted by Gasteiger charge is 2.34. The number of carbonyl (C=O) groups excluding carboxylic acids is 1. The van der Waals surface area contributed by atoms with Gasteiger partial charge in [-0.25, -0.2) is 0 Å². The van der Waals surface area contributed by atoms with E-state index in [1.165, 1.54) is 10.4 Å². The Morgan fingerprint density at radius 2 is 2.42 bits per heavy atom. The lowest BCUT2D eigenvalue weighted by Crippen LogP contribution is -2.43. The van der Waals surface area contributed by atoms with Crippen LogP contribution in [0.25, 0.3) is 0 Å². The minimum Gasteiger partial charge on any atom is -0.335 e. The van der Waals surface area contributed by atoms with Crippen molar-refractivity contribution in [1.82, 2.24) is 10.2 Å². The van der Waals surface area contributed by atoms with Crippen molar-refractivity contribution in [3.8, 4) is 0 Å². The monoisotopic (exact) mass is 300 g/mol. The van der Waals surface area contributed by atoms with Gasteiger partial charge in [0.2, 0.25) is 5.91 Å². The van der Waals surface area contributed by atoms with E-state index in [1.54, 1.807) is 0 Å². The highest BCUT2D eigenvalue weighted by atomic mass is 35.5. The molecule has 2 unspecified atom stereocenters. The Hall–Kier alpha value is -0.580. The van der Waals surface area contributed by atoms with E-state index in [4.69, 9.17) is 0 Å². The average Bonchev–Trinajstić information content (AvgIpc) is 3.06. The first kappa shape index (κ1) is 14.8. The molecule has 106 valence electrons. The SMILES string of the molecule is CCC1c2ccsc2CCN1C(=O)C1CCNC1.Cl. The number of rotatable bonds is 2. The number of nitrogens with zero attached hydrogens (tertiary/aromatic N) is 1. The van der Waals surface area contributed by atoms with Gasteiger partial charge in [0, 0.05) is 18.0 Å². The van der Waals surface area contributed by atoms with Crippen molar-refractivity contribution in [2.75, 3.05) is 19.6 Å². The van der Waals surface area contributed by atoms with Gasteiger partial charge in [-0.2, -0.15) is 0 Å². The fourth-order valence-corrected chi connectivity index (χ4v) is 4.13. The number of amides is 1. The third-order valence-corrected chi connectivity index (χ3v) is 5.17. The highest BCUT2D eigenvalue weighted by molar-refractivity contribution is 7.10. The maximum Gasteiger partial charge on any atom is 0.227 e. The van der Waals surface area contributed by atoms with Gasteiger partial charge in [0.1, 0.15) is 0 Å². The minimum atomic E-state index is 0. The zero-order chi connectivity index (χ0) is 12.5. The second-order valence-electron chi connectivity index (χ2n) is 5.19. The van der Waals surface area contributed by atoms with Gasteiger partial charge in [-0.05, 0) is 42.8 Å². The third-order valence-electron chi connectivity index (χ3n) is 4.17. The molecular formula is C14H21ClN2OS. The normalized spacial score (nSPS) is 25.8. The summed E-state index contributed by atoms with van der Waals surface area (Å²) in [5, 5.41) is 5.46. The van der Waals surface area contributed by atoms with Crippen LogP contribution in [-0.4, -0.2) is 30.4 Å². The van der Waals surface area contributed by atoms with Crippen LogP contribution in [0.2, 0.25) is 0 Å². The van der Waals surface area contributed by atoms with Crippen molar-refractivity contribution in [2.45, 2.75) is 32.2 Å². The van der Waals surface area contributed by atoms with Gasteiger partial charge in [-0.1, -0.05) is 6.92 Å². The van der Waals surface area contributed by atoms with Crippen LogP contribution >= 0.6 is 23.7 Å². The second kappa shape index (κ2) is 6.25. The topological polar surface area (TPSA) is 32.3 Å². The van der Waals surface area contributed by atoms with Crippen molar-refractivity contribution in [1.29, 1.82) is 0 Å². The molecule has 2 atom stereocenters. The van der Waals surface area contributed by atoms with Crippen molar-refractivity contribution in [3.63, 3.8) is 0 Å². The molecule has 3 rings (SSSR count). The summed E-state index contributed by atoms with van der Waals surface area (Å²) in [4.78, 5) is 16.2. The fourth-order valence-electron chi connectivity index (χ4n) is 3.20. The van der Waals surface area contributed by atoms with Crippen molar-refractivity contribution >= 4 is 29.7 Å². The molecule has 1 fully saturated rings. The molecule has 2 aliphatic rings. The molecule has 0 bridgehead atoms. The van der Waals surface area contributed by atoms with Crippen LogP contribution in [0.1, 0.15) is 36.2 Å². The predicted molar refractivity (Wildman–Crippen MR) is 81.0 cm³/mol. The van der Waals surface area contributed by atoms with E-state index in [9.17, 15) is 4.79 Å². The molecule has 0 saturated carbocycles. The quantitative estimate of drug-likeness (QED) is 0.910. The zero-order valence-electron chi connectivity index (χ0n) is 11.2. The Morgan fingerprint density at radius 1 is 1.58 bits per heavy atom. The molecule has 0 spiro atoms. The summed E-state index contributed by atoms with van der Waals surface area (Å²) < 4.78 is 0. The largest absolute Gasteiger partial charge is 0.335 e. The second-order valence-corrected chi connectivity index (χ2v) is 6.20. The maximum atomic E-state index is 12.6.